The fourth-order valence-corrected chi connectivity index (χ4v) is 3.50. The minimum atomic E-state index is -0.264. The van der Waals surface area contributed by atoms with Crippen LogP contribution in [0.4, 0.5) is 0 Å². The fourth-order valence-electron chi connectivity index (χ4n) is 3.50. The lowest BCUT2D eigenvalue weighted by molar-refractivity contribution is -0.122. The van der Waals surface area contributed by atoms with Crippen molar-refractivity contribution < 1.29 is 18.9 Å². The van der Waals surface area contributed by atoms with Crippen molar-refractivity contribution in [3.63, 3.8) is 0 Å². The molecule has 4 heteroatoms. The Morgan fingerprint density at radius 3 is 1.84 bits per heavy atom. The molecular weight excluding hydrogens is 388 g/mol. The Morgan fingerprint density at radius 2 is 1.23 bits per heavy atom. The molecule has 1 aliphatic rings. The molecule has 0 fully saturated rings. The highest BCUT2D eigenvalue weighted by Gasteiger charge is 2.34. The van der Waals surface area contributed by atoms with Crippen LogP contribution in [0.25, 0.3) is 0 Å². The van der Waals surface area contributed by atoms with E-state index in [2.05, 4.69) is 36.4 Å². The molecule has 1 heterocycles. The highest BCUT2D eigenvalue weighted by Crippen LogP contribution is 2.22. The van der Waals surface area contributed by atoms with Crippen LogP contribution in [0.1, 0.15) is 16.7 Å². The number of ether oxygens (including phenoxy) is 4. The van der Waals surface area contributed by atoms with Gasteiger partial charge in [-0.05, 0) is 22.8 Å². The third-order valence-electron chi connectivity index (χ3n) is 5.18. The smallest absolute Gasteiger partial charge is 0.156 e. The molecule has 0 unspecified atom stereocenters. The van der Waals surface area contributed by atoms with E-state index in [0.717, 1.165) is 16.7 Å². The lowest BCUT2D eigenvalue weighted by Gasteiger charge is -2.28. The molecule has 0 bridgehead atoms. The lowest BCUT2D eigenvalue weighted by Crippen LogP contribution is -2.41. The van der Waals surface area contributed by atoms with E-state index in [1.165, 1.54) is 0 Å². The zero-order chi connectivity index (χ0) is 21.1. The van der Waals surface area contributed by atoms with Crippen molar-refractivity contribution in [2.45, 2.75) is 38.1 Å². The predicted octanol–water partition coefficient (Wildman–Crippen LogP) is 5.29. The summed E-state index contributed by atoms with van der Waals surface area (Å²) in [5.74, 6) is 0. The summed E-state index contributed by atoms with van der Waals surface area (Å²) in [4.78, 5) is 0. The Bertz CT molecular complexity index is 912. The molecule has 160 valence electrons. The Balaban J connectivity index is 1.37. The first kappa shape index (κ1) is 21.3. The summed E-state index contributed by atoms with van der Waals surface area (Å²) in [5.41, 5.74) is 3.37. The minimum Gasteiger partial charge on any atom is -0.492 e. The average Bonchev–Trinajstić information content (AvgIpc) is 3.30. The third kappa shape index (κ3) is 6.53. The van der Waals surface area contributed by atoms with Gasteiger partial charge < -0.3 is 18.9 Å². The highest BCUT2D eigenvalue weighted by molar-refractivity contribution is 5.15. The molecule has 0 saturated heterocycles. The first-order valence-corrected chi connectivity index (χ1v) is 10.6. The third-order valence-corrected chi connectivity index (χ3v) is 5.18. The SMILES string of the molecule is C1=C[C@@H](OCc2ccccc2)[C@@H]([C@@H](COCc2ccccc2)OCc2ccccc2)O1. The van der Waals surface area contributed by atoms with Crippen molar-refractivity contribution in [1.82, 2.24) is 0 Å². The van der Waals surface area contributed by atoms with E-state index < -0.39 is 0 Å². The summed E-state index contributed by atoms with van der Waals surface area (Å²) in [6.07, 6.45) is 2.93. The van der Waals surface area contributed by atoms with E-state index in [4.69, 9.17) is 18.9 Å². The molecule has 4 rings (SSSR count). The number of hydrogen-bond donors (Lipinski definition) is 0. The highest BCUT2D eigenvalue weighted by atomic mass is 16.6. The lowest BCUT2D eigenvalue weighted by atomic mass is 10.1. The van der Waals surface area contributed by atoms with Gasteiger partial charge in [0.1, 0.15) is 12.2 Å². The summed E-state index contributed by atoms with van der Waals surface area (Å²) in [6.45, 7) is 1.96. The van der Waals surface area contributed by atoms with E-state index in [-0.39, 0.29) is 18.3 Å². The average molecular weight is 417 g/mol. The summed E-state index contributed by atoms with van der Waals surface area (Å²) in [7, 11) is 0. The van der Waals surface area contributed by atoms with Crippen LogP contribution in [-0.2, 0) is 38.8 Å². The summed E-state index contributed by atoms with van der Waals surface area (Å²) in [6, 6.07) is 30.4. The Hall–Kier alpha value is -2.92. The van der Waals surface area contributed by atoms with Gasteiger partial charge in [0.2, 0.25) is 0 Å². The van der Waals surface area contributed by atoms with Crippen LogP contribution in [0, 0.1) is 0 Å². The van der Waals surface area contributed by atoms with E-state index in [9.17, 15) is 0 Å². The van der Waals surface area contributed by atoms with Gasteiger partial charge in [0, 0.05) is 0 Å². The second kappa shape index (κ2) is 11.5. The molecule has 0 aromatic heterocycles. The van der Waals surface area contributed by atoms with Crippen molar-refractivity contribution >= 4 is 0 Å². The van der Waals surface area contributed by atoms with Gasteiger partial charge in [0.15, 0.2) is 6.10 Å². The maximum atomic E-state index is 6.26. The van der Waals surface area contributed by atoms with Crippen LogP contribution in [0.3, 0.4) is 0 Å². The van der Waals surface area contributed by atoms with Crippen molar-refractivity contribution in [1.29, 1.82) is 0 Å². The zero-order valence-corrected chi connectivity index (χ0v) is 17.5. The fraction of sp³-hybridized carbons (Fsp3) is 0.259. The standard InChI is InChI=1S/C27H28O4/c1-4-10-22(11-5-1)18-28-21-26(31-20-24-14-8-3-9-15-24)27-25(16-17-29-27)30-19-23-12-6-2-7-13-23/h1-17,25-27H,18-21H2/t25-,26-,27+/m1/s1. The first-order valence-electron chi connectivity index (χ1n) is 10.6. The van der Waals surface area contributed by atoms with E-state index >= 15 is 0 Å². The molecule has 0 saturated carbocycles. The van der Waals surface area contributed by atoms with Gasteiger partial charge in [-0.3, -0.25) is 0 Å². The predicted molar refractivity (Wildman–Crippen MR) is 120 cm³/mol. The maximum Gasteiger partial charge on any atom is 0.156 e. The second-order valence-electron chi connectivity index (χ2n) is 7.53. The number of benzene rings is 3. The molecule has 0 spiro atoms. The normalized spacial score (nSPS) is 18.6. The summed E-state index contributed by atoms with van der Waals surface area (Å²) >= 11 is 0. The molecule has 1 aliphatic heterocycles. The number of rotatable bonds is 11. The van der Waals surface area contributed by atoms with E-state index in [0.29, 0.717) is 26.4 Å². The van der Waals surface area contributed by atoms with E-state index in [1.54, 1.807) is 6.26 Å². The Labute approximate surface area is 184 Å². The van der Waals surface area contributed by atoms with Crippen molar-refractivity contribution in [2.75, 3.05) is 6.61 Å². The van der Waals surface area contributed by atoms with Crippen LogP contribution in [0.15, 0.2) is 103 Å². The van der Waals surface area contributed by atoms with Gasteiger partial charge in [-0.1, -0.05) is 91.0 Å². The largest absolute Gasteiger partial charge is 0.492 e. The molecule has 4 nitrogen and oxygen atoms in total. The van der Waals surface area contributed by atoms with Gasteiger partial charge >= 0.3 is 0 Å². The Kier molecular flexibility index (Phi) is 7.88. The molecule has 3 atom stereocenters. The maximum absolute atomic E-state index is 6.26. The zero-order valence-electron chi connectivity index (χ0n) is 17.5. The van der Waals surface area contributed by atoms with Crippen LogP contribution < -0.4 is 0 Å². The topological polar surface area (TPSA) is 36.9 Å². The summed E-state index contributed by atoms with van der Waals surface area (Å²) < 4.78 is 24.3. The van der Waals surface area contributed by atoms with Gasteiger partial charge in [-0.25, -0.2) is 0 Å². The van der Waals surface area contributed by atoms with Gasteiger partial charge in [-0.15, -0.1) is 0 Å². The van der Waals surface area contributed by atoms with Crippen molar-refractivity contribution in [3.05, 3.63) is 120 Å². The second-order valence-corrected chi connectivity index (χ2v) is 7.53. The molecule has 0 radical (unpaired) electrons. The van der Waals surface area contributed by atoms with Crippen LogP contribution in [-0.4, -0.2) is 24.9 Å². The van der Waals surface area contributed by atoms with Crippen LogP contribution in [0.5, 0.6) is 0 Å². The molecule has 3 aromatic rings. The molecule has 3 aromatic carbocycles. The molecule has 0 N–H and O–H groups in total. The van der Waals surface area contributed by atoms with E-state index in [1.807, 2.05) is 60.7 Å². The van der Waals surface area contributed by atoms with Gasteiger partial charge in [-0.2, -0.15) is 0 Å². The summed E-state index contributed by atoms with van der Waals surface area (Å²) in [5, 5.41) is 0. The van der Waals surface area contributed by atoms with Crippen molar-refractivity contribution in [3.8, 4) is 0 Å². The van der Waals surface area contributed by atoms with Crippen LogP contribution >= 0.6 is 0 Å². The molecule has 31 heavy (non-hydrogen) atoms. The van der Waals surface area contributed by atoms with Gasteiger partial charge in [0.05, 0.1) is 32.7 Å². The number of hydrogen-bond acceptors (Lipinski definition) is 4. The molecule has 0 aliphatic carbocycles. The Morgan fingerprint density at radius 1 is 0.677 bits per heavy atom. The van der Waals surface area contributed by atoms with Gasteiger partial charge in [0.25, 0.3) is 0 Å². The quantitative estimate of drug-likeness (QED) is 0.426. The monoisotopic (exact) mass is 416 g/mol. The first-order chi connectivity index (χ1) is 15.4. The van der Waals surface area contributed by atoms with Crippen LogP contribution in [0.2, 0.25) is 0 Å². The molecule has 0 amide bonds. The van der Waals surface area contributed by atoms with Crippen molar-refractivity contribution in [2.24, 2.45) is 0 Å². The minimum absolute atomic E-state index is 0.193. The molecular formula is C27H28O4.